The molecule has 108 valence electrons. The van der Waals surface area contributed by atoms with Crippen molar-refractivity contribution in [2.75, 3.05) is 26.4 Å². The van der Waals surface area contributed by atoms with Crippen LogP contribution in [-0.4, -0.2) is 43.6 Å². The molecule has 0 aromatic rings. The van der Waals surface area contributed by atoms with Crippen molar-refractivity contribution in [2.24, 2.45) is 16.2 Å². The Labute approximate surface area is 113 Å². The van der Waals surface area contributed by atoms with Gasteiger partial charge in [0.25, 0.3) is 0 Å². The molecule has 0 spiro atoms. The summed E-state index contributed by atoms with van der Waals surface area (Å²) in [5.74, 6) is 0.314. The lowest BCUT2D eigenvalue weighted by molar-refractivity contribution is -0.126. The molecule has 0 atom stereocenters. The van der Waals surface area contributed by atoms with Crippen molar-refractivity contribution in [3.8, 4) is 0 Å². The van der Waals surface area contributed by atoms with E-state index < -0.39 is 0 Å². The lowest BCUT2D eigenvalue weighted by Gasteiger charge is -2.30. The first kappa shape index (κ1) is 15.6. The Morgan fingerprint density at radius 2 is 2.26 bits per heavy atom. The van der Waals surface area contributed by atoms with Gasteiger partial charge in [-0.3, -0.25) is 9.69 Å². The first-order valence-electron chi connectivity index (χ1n) is 6.77. The summed E-state index contributed by atoms with van der Waals surface area (Å²) in [4.78, 5) is 14.0. The summed E-state index contributed by atoms with van der Waals surface area (Å²) in [5.41, 5.74) is 6.46. The molecule has 0 unspecified atom stereocenters. The third-order valence-corrected chi connectivity index (χ3v) is 3.22. The van der Waals surface area contributed by atoms with Crippen LogP contribution in [0.5, 0.6) is 0 Å². The SMILES string of the molecule is CCCCNC(=O)C1CCN(CO/C=N/N=N)CC1. The highest BCUT2D eigenvalue weighted by Crippen LogP contribution is 2.17. The van der Waals surface area contributed by atoms with E-state index >= 15 is 0 Å². The quantitative estimate of drug-likeness (QED) is 0.230. The zero-order chi connectivity index (χ0) is 13.9. The Morgan fingerprint density at radius 1 is 1.53 bits per heavy atom. The zero-order valence-corrected chi connectivity index (χ0v) is 11.5. The van der Waals surface area contributed by atoms with Gasteiger partial charge in [0, 0.05) is 25.6 Å². The third-order valence-electron chi connectivity index (χ3n) is 3.22. The number of carbonyl (C=O) groups excluding carboxylic acids is 1. The van der Waals surface area contributed by atoms with Gasteiger partial charge in [0.2, 0.25) is 5.91 Å². The van der Waals surface area contributed by atoms with Crippen molar-refractivity contribution in [1.29, 1.82) is 5.53 Å². The van der Waals surface area contributed by atoms with Gasteiger partial charge in [-0.05, 0) is 24.5 Å². The second-order valence-corrected chi connectivity index (χ2v) is 4.65. The zero-order valence-electron chi connectivity index (χ0n) is 11.5. The maximum absolute atomic E-state index is 11.9. The molecule has 0 bridgehead atoms. The van der Waals surface area contributed by atoms with Crippen LogP contribution in [-0.2, 0) is 9.53 Å². The van der Waals surface area contributed by atoms with Crippen LogP contribution in [0.15, 0.2) is 10.3 Å². The highest BCUT2D eigenvalue weighted by atomic mass is 16.5. The molecule has 1 rings (SSSR count). The van der Waals surface area contributed by atoms with Crippen molar-refractivity contribution < 1.29 is 9.53 Å². The number of nitrogens with one attached hydrogen (secondary N) is 2. The lowest BCUT2D eigenvalue weighted by atomic mass is 9.96. The van der Waals surface area contributed by atoms with Crippen LogP contribution in [0.1, 0.15) is 32.6 Å². The molecular weight excluding hydrogens is 246 g/mol. The number of hydrogen-bond donors (Lipinski definition) is 2. The Morgan fingerprint density at radius 3 is 2.89 bits per heavy atom. The predicted octanol–water partition coefficient (Wildman–Crippen LogP) is 1.56. The van der Waals surface area contributed by atoms with E-state index in [1.165, 1.54) is 0 Å². The Hall–Kier alpha value is -1.50. The normalized spacial score (nSPS) is 17.5. The van der Waals surface area contributed by atoms with Gasteiger partial charge < -0.3 is 10.1 Å². The molecular formula is C12H23N5O2. The molecule has 7 nitrogen and oxygen atoms in total. The molecule has 2 N–H and O–H groups in total. The van der Waals surface area contributed by atoms with Crippen molar-refractivity contribution >= 4 is 12.3 Å². The van der Waals surface area contributed by atoms with Crippen LogP contribution in [0.4, 0.5) is 0 Å². The number of unbranched alkanes of at least 4 members (excludes halogenated alkanes) is 1. The topological polar surface area (TPSA) is 90.1 Å². The van der Waals surface area contributed by atoms with Gasteiger partial charge in [0.05, 0.1) is 0 Å². The smallest absolute Gasteiger partial charge is 0.223 e. The van der Waals surface area contributed by atoms with Crippen LogP contribution < -0.4 is 5.32 Å². The van der Waals surface area contributed by atoms with E-state index in [2.05, 4.69) is 27.5 Å². The minimum Gasteiger partial charge on any atom is -0.466 e. The summed E-state index contributed by atoms with van der Waals surface area (Å²) < 4.78 is 5.11. The van der Waals surface area contributed by atoms with Gasteiger partial charge in [-0.15, -0.1) is 5.10 Å². The first-order chi connectivity index (χ1) is 9.27. The highest BCUT2D eigenvalue weighted by molar-refractivity contribution is 5.78. The second kappa shape index (κ2) is 9.43. The van der Waals surface area contributed by atoms with Gasteiger partial charge in [0.15, 0.2) is 6.40 Å². The Balaban J connectivity index is 2.15. The summed E-state index contributed by atoms with van der Waals surface area (Å²) in [7, 11) is 0. The van der Waals surface area contributed by atoms with Crippen molar-refractivity contribution in [3.05, 3.63) is 0 Å². The van der Waals surface area contributed by atoms with Crippen molar-refractivity contribution in [2.45, 2.75) is 32.6 Å². The number of nitrogens with zero attached hydrogens (tertiary/aromatic N) is 3. The molecule has 0 radical (unpaired) electrons. The molecule has 19 heavy (non-hydrogen) atoms. The standard InChI is InChI=1S/C12H23N5O2/c1-2-3-6-14-12(18)11-4-7-17(8-5-11)10-19-9-15-16-13/h9,11,13H,2-8,10H2,1H3,(H,14,18)/b15-9+,16-13?. The molecule has 7 heteroatoms. The largest absolute Gasteiger partial charge is 0.466 e. The van der Waals surface area contributed by atoms with E-state index in [-0.39, 0.29) is 11.8 Å². The van der Waals surface area contributed by atoms with Gasteiger partial charge in [0.1, 0.15) is 6.73 Å². The Kier molecular flexibility index (Phi) is 7.72. The van der Waals surface area contributed by atoms with Crippen molar-refractivity contribution in [3.63, 3.8) is 0 Å². The fourth-order valence-corrected chi connectivity index (χ4v) is 2.05. The average Bonchev–Trinajstić information content (AvgIpc) is 2.44. The number of piperidine rings is 1. The average molecular weight is 269 g/mol. The summed E-state index contributed by atoms with van der Waals surface area (Å²) in [6.45, 7) is 5.02. The minimum absolute atomic E-state index is 0.130. The molecule has 1 amide bonds. The molecule has 0 saturated carbocycles. The number of amides is 1. The van der Waals surface area contributed by atoms with Crippen LogP contribution >= 0.6 is 0 Å². The van der Waals surface area contributed by atoms with Crippen LogP contribution in [0.2, 0.25) is 0 Å². The molecule has 0 aromatic carbocycles. The van der Waals surface area contributed by atoms with E-state index in [9.17, 15) is 4.79 Å². The summed E-state index contributed by atoms with van der Waals surface area (Å²) in [6, 6.07) is 0. The second-order valence-electron chi connectivity index (χ2n) is 4.65. The maximum atomic E-state index is 11.9. The van der Waals surface area contributed by atoms with Crippen LogP contribution in [0.3, 0.4) is 0 Å². The van der Waals surface area contributed by atoms with Gasteiger partial charge >= 0.3 is 0 Å². The van der Waals surface area contributed by atoms with E-state index in [1.54, 1.807) is 0 Å². The monoisotopic (exact) mass is 269 g/mol. The molecule has 1 heterocycles. The number of hydrogen-bond acceptors (Lipinski definition) is 5. The lowest BCUT2D eigenvalue weighted by Crippen LogP contribution is -2.41. The van der Waals surface area contributed by atoms with Crippen LogP contribution in [0, 0.1) is 11.4 Å². The van der Waals surface area contributed by atoms with E-state index in [0.29, 0.717) is 6.73 Å². The molecule has 0 aliphatic carbocycles. The summed E-state index contributed by atoms with van der Waals surface area (Å²) in [5, 5.41) is 9.09. The highest BCUT2D eigenvalue weighted by Gasteiger charge is 2.24. The molecule has 0 aromatic heterocycles. The summed E-state index contributed by atoms with van der Waals surface area (Å²) in [6.07, 6.45) is 5.03. The maximum Gasteiger partial charge on any atom is 0.223 e. The van der Waals surface area contributed by atoms with E-state index in [4.69, 9.17) is 10.3 Å². The number of ether oxygens (including phenoxy) is 1. The summed E-state index contributed by atoms with van der Waals surface area (Å²) >= 11 is 0. The molecule has 1 fully saturated rings. The third kappa shape index (κ3) is 6.28. The molecule has 1 aliphatic rings. The minimum atomic E-state index is 0.130. The van der Waals surface area contributed by atoms with Crippen LogP contribution in [0.25, 0.3) is 0 Å². The first-order valence-corrected chi connectivity index (χ1v) is 6.77. The van der Waals surface area contributed by atoms with Gasteiger partial charge in [-0.1, -0.05) is 13.3 Å². The van der Waals surface area contributed by atoms with Gasteiger partial charge in [-0.25, -0.2) is 0 Å². The fourth-order valence-electron chi connectivity index (χ4n) is 2.05. The number of carbonyl (C=O) groups is 1. The number of rotatable bonds is 8. The van der Waals surface area contributed by atoms with E-state index in [0.717, 1.165) is 51.7 Å². The molecule has 1 aliphatic heterocycles. The number of likely N-dealkylation sites (tertiary alicyclic amines) is 1. The predicted molar refractivity (Wildman–Crippen MR) is 71.8 cm³/mol. The van der Waals surface area contributed by atoms with Gasteiger partial charge in [-0.2, -0.15) is 5.53 Å². The van der Waals surface area contributed by atoms with E-state index in [1.807, 2.05) is 0 Å². The Bertz CT molecular complexity index is 300. The fraction of sp³-hybridized carbons (Fsp3) is 0.833. The molecule has 1 saturated heterocycles. The van der Waals surface area contributed by atoms with Crippen molar-refractivity contribution in [1.82, 2.24) is 10.2 Å².